The highest BCUT2D eigenvalue weighted by molar-refractivity contribution is 7.10. The van der Waals surface area contributed by atoms with Gasteiger partial charge in [0.25, 0.3) is 0 Å². The molecule has 0 aromatic carbocycles. The third kappa shape index (κ3) is 3.28. The number of hydrogen-bond acceptors (Lipinski definition) is 4. The zero-order valence-corrected chi connectivity index (χ0v) is 10.7. The maximum Gasteiger partial charge on any atom is 0.305 e. The molecule has 94 valence electrons. The van der Waals surface area contributed by atoms with Crippen LogP contribution in [0.1, 0.15) is 16.9 Å². The van der Waals surface area contributed by atoms with Crippen LogP contribution >= 0.6 is 11.3 Å². The molecular weight excluding hydrogens is 238 g/mol. The van der Waals surface area contributed by atoms with E-state index in [4.69, 9.17) is 9.84 Å². The van der Waals surface area contributed by atoms with Crippen LogP contribution in [0, 0.1) is 6.92 Å². The van der Waals surface area contributed by atoms with Crippen LogP contribution in [0.2, 0.25) is 0 Å². The first-order valence-electron chi connectivity index (χ1n) is 5.73. The van der Waals surface area contributed by atoms with E-state index in [0.29, 0.717) is 13.2 Å². The van der Waals surface area contributed by atoms with E-state index in [1.807, 2.05) is 0 Å². The summed E-state index contributed by atoms with van der Waals surface area (Å²) in [4.78, 5) is 14.3. The maximum absolute atomic E-state index is 10.8. The lowest BCUT2D eigenvalue weighted by atomic mass is 10.1. The van der Waals surface area contributed by atoms with Crippen molar-refractivity contribution in [3.63, 3.8) is 0 Å². The molecule has 0 spiro atoms. The predicted molar refractivity (Wildman–Crippen MR) is 66.3 cm³/mol. The number of morpholine rings is 1. The smallest absolute Gasteiger partial charge is 0.305 e. The quantitative estimate of drug-likeness (QED) is 0.890. The molecule has 17 heavy (non-hydrogen) atoms. The van der Waals surface area contributed by atoms with E-state index < -0.39 is 5.97 Å². The molecule has 1 unspecified atom stereocenters. The van der Waals surface area contributed by atoms with Gasteiger partial charge in [-0.05, 0) is 23.9 Å². The van der Waals surface area contributed by atoms with Gasteiger partial charge in [0.1, 0.15) is 0 Å². The van der Waals surface area contributed by atoms with Crippen LogP contribution in [0.15, 0.2) is 11.4 Å². The zero-order valence-electron chi connectivity index (χ0n) is 9.89. The molecule has 2 heterocycles. The highest BCUT2D eigenvalue weighted by atomic mass is 32.1. The Labute approximate surface area is 105 Å². The Hall–Kier alpha value is -0.910. The summed E-state index contributed by atoms with van der Waals surface area (Å²) in [7, 11) is 0. The number of ether oxygens (including phenoxy) is 1. The molecule has 0 bridgehead atoms. The highest BCUT2D eigenvalue weighted by Crippen LogP contribution is 2.21. The van der Waals surface area contributed by atoms with Gasteiger partial charge in [0, 0.05) is 24.0 Å². The average Bonchev–Trinajstić information content (AvgIpc) is 2.67. The van der Waals surface area contributed by atoms with Gasteiger partial charge in [-0.1, -0.05) is 0 Å². The van der Waals surface area contributed by atoms with Gasteiger partial charge in [0.05, 0.1) is 19.6 Å². The molecule has 1 N–H and O–H groups in total. The minimum absolute atomic E-state index is 0.00255. The van der Waals surface area contributed by atoms with Gasteiger partial charge in [-0.25, -0.2) is 0 Å². The summed E-state index contributed by atoms with van der Waals surface area (Å²) in [6, 6.07) is 2.11. The van der Waals surface area contributed by atoms with Gasteiger partial charge in [-0.3, -0.25) is 9.69 Å². The normalized spacial score (nSPS) is 21.6. The van der Waals surface area contributed by atoms with Crippen LogP contribution in [0.5, 0.6) is 0 Å². The number of nitrogens with zero attached hydrogens (tertiary/aromatic N) is 1. The molecule has 4 nitrogen and oxygen atoms in total. The zero-order chi connectivity index (χ0) is 12.3. The molecule has 1 aliphatic rings. The summed E-state index contributed by atoms with van der Waals surface area (Å²) >= 11 is 1.73. The number of hydrogen-bond donors (Lipinski definition) is 1. The molecular formula is C12H17NO3S. The second kappa shape index (κ2) is 5.62. The Kier molecular flexibility index (Phi) is 4.15. The van der Waals surface area contributed by atoms with E-state index in [2.05, 4.69) is 23.3 Å². The standard InChI is InChI=1S/C12H17NO3S/c1-9-2-5-17-11(9)7-13-3-4-16-8-10(13)6-12(14)15/h2,5,10H,3-4,6-8H2,1H3,(H,14,15). The van der Waals surface area contributed by atoms with E-state index in [1.54, 1.807) is 11.3 Å². The molecule has 1 saturated heterocycles. The SMILES string of the molecule is Cc1ccsc1CN1CCOCC1CC(=O)O. The van der Waals surface area contributed by atoms with Gasteiger partial charge in [0.15, 0.2) is 0 Å². The molecule has 1 aliphatic heterocycles. The largest absolute Gasteiger partial charge is 0.481 e. The van der Waals surface area contributed by atoms with E-state index >= 15 is 0 Å². The average molecular weight is 255 g/mol. The van der Waals surface area contributed by atoms with Crippen LogP contribution in [0.4, 0.5) is 0 Å². The second-order valence-electron chi connectivity index (χ2n) is 4.32. The summed E-state index contributed by atoms with van der Waals surface area (Å²) in [5, 5.41) is 11.0. The Bertz CT molecular complexity index is 391. The molecule has 0 amide bonds. The van der Waals surface area contributed by atoms with Crippen molar-refractivity contribution in [1.29, 1.82) is 0 Å². The highest BCUT2D eigenvalue weighted by Gasteiger charge is 2.25. The third-order valence-corrected chi connectivity index (χ3v) is 4.08. The predicted octanol–water partition coefficient (Wildman–Crippen LogP) is 1.73. The maximum atomic E-state index is 10.8. The second-order valence-corrected chi connectivity index (χ2v) is 5.32. The number of carboxylic acid groups (broad SMARTS) is 1. The molecule has 2 rings (SSSR count). The van der Waals surface area contributed by atoms with E-state index in [-0.39, 0.29) is 12.5 Å². The molecule has 1 fully saturated rings. The van der Waals surface area contributed by atoms with Crippen LogP contribution < -0.4 is 0 Å². The Morgan fingerprint density at radius 1 is 1.71 bits per heavy atom. The van der Waals surface area contributed by atoms with Crippen molar-refractivity contribution in [2.24, 2.45) is 0 Å². The van der Waals surface area contributed by atoms with Gasteiger partial charge in [0.2, 0.25) is 0 Å². The fraction of sp³-hybridized carbons (Fsp3) is 0.583. The summed E-state index contributed by atoms with van der Waals surface area (Å²) < 4.78 is 5.36. The minimum Gasteiger partial charge on any atom is -0.481 e. The van der Waals surface area contributed by atoms with Crippen molar-refractivity contribution in [3.05, 3.63) is 21.9 Å². The van der Waals surface area contributed by atoms with E-state index in [0.717, 1.165) is 13.1 Å². The number of carboxylic acids is 1. The lowest BCUT2D eigenvalue weighted by Crippen LogP contribution is -2.45. The molecule has 5 heteroatoms. The summed E-state index contributed by atoms with van der Waals surface area (Å²) in [5.74, 6) is -0.756. The Morgan fingerprint density at radius 2 is 2.53 bits per heavy atom. The minimum atomic E-state index is -0.756. The third-order valence-electron chi connectivity index (χ3n) is 3.07. The number of thiophene rings is 1. The lowest BCUT2D eigenvalue weighted by Gasteiger charge is -2.34. The fourth-order valence-electron chi connectivity index (χ4n) is 2.04. The molecule has 0 aliphatic carbocycles. The van der Waals surface area contributed by atoms with Crippen molar-refractivity contribution < 1.29 is 14.6 Å². The summed E-state index contributed by atoms with van der Waals surface area (Å²) in [6.45, 7) is 4.97. The molecule has 0 radical (unpaired) electrons. The number of rotatable bonds is 4. The first kappa shape index (κ1) is 12.5. The molecule has 1 aromatic rings. The van der Waals surface area contributed by atoms with Gasteiger partial charge >= 0.3 is 5.97 Å². The monoisotopic (exact) mass is 255 g/mol. The topological polar surface area (TPSA) is 49.8 Å². The number of aryl methyl sites for hydroxylation is 1. The van der Waals surface area contributed by atoms with Crippen LogP contribution in [-0.2, 0) is 16.1 Å². The van der Waals surface area contributed by atoms with Crippen molar-refractivity contribution in [2.75, 3.05) is 19.8 Å². The summed E-state index contributed by atoms with van der Waals surface area (Å²) in [6.07, 6.45) is 0.157. The molecule has 1 aromatic heterocycles. The van der Waals surface area contributed by atoms with Crippen molar-refractivity contribution in [3.8, 4) is 0 Å². The van der Waals surface area contributed by atoms with E-state index in [9.17, 15) is 4.79 Å². The van der Waals surface area contributed by atoms with Crippen LogP contribution in [0.25, 0.3) is 0 Å². The molecule has 0 saturated carbocycles. The fourth-order valence-corrected chi connectivity index (χ4v) is 2.97. The van der Waals surface area contributed by atoms with Crippen LogP contribution in [0.3, 0.4) is 0 Å². The first-order chi connectivity index (χ1) is 8.16. The van der Waals surface area contributed by atoms with E-state index in [1.165, 1.54) is 10.4 Å². The summed E-state index contributed by atoms with van der Waals surface area (Å²) in [5.41, 5.74) is 1.29. The van der Waals surface area contributed by atoms with Gasteiger partial charge < -0.3 is 9.84 Å². The number of aliphatic carboxylic acids is 1. The lowest BCUT2D eigenvalue weighted by molar-refractivity contribution is -0.140. The van der Waals surface area contributed by atoms with Gasteiger partial charge in [-0.15, -0.1) is 11.3 Å². The van der Waals surface area contributed by atoms with Crippen LogP contribution in [-0.4, -0.2) is 41.8 Å². The first-order valence-corrected chi connectivity index (χ1v) is 6.61. The Morgan fingerprint density at radius 3 is 3.18 bits per heavy atom. The Balaban J connectivity index is 2.01. The van der Waals surface area contributed by atoms with Crippen molar-refractivity contribution in [1.82, 2.24) is 4.90 Å². The van der Waals surface area contributed by atoms with Crippen molar-refractivity contribution in [2.45, 2.75) is 25.9 Å². The van der Waals surface area contributed by atoms with Crippen molar-refractivity contribution >= 4 is 17.3 Å². The number of carbonyl (C=O) groups is 1. The molecule has 1 atom stereocenters. The van der Waals surface area contributed by atoms with Gasteiger partial charge in [-0.2, -0.15) is 0 Å².